The zero-order chi connectivity index (χ0) is 20.7. The Hall–Kier alpha value is -3.46. The molecule has 0 fully saturated rings. The van der Waals surface area contributed by atoms with E-state index < -0.39 is 22.4 Å². The molecule has 0 bridgehead atoms. The maximum atomic E-state index is 12.1. The van der Waals surface area contributed by atoms with Crippen molar-refractivity contribution in [3.8, 4) is 0 Å². The van der Waals surface area contributed by atoms with Gasteiger partial charge in [-0.25, -0.2) is 0 Å². The lowest BCUT2D eigenvalue weighted by Crippen LogP contribution is -2.41. The number of carbonyl (C=O) groups is 3. The third-order valence-corrected chi connectivity index (χ3v) is 3.92. The van der Waals surface area contributed by atoms with E-state index in [0.29, 0.717) is 12.1 Å². The van der Waals surface area contributed by atoms with Crippen LogP contribution in [0, 0.1) is 10.1 Å². The van der Waals surface area contributed by atoms with Crippen LogP contribution in [0.2, 0.25) is 5.02 Å². The number of anilines is 1. The number of amides is 3. The molecule has 0 aliphatic rings. The zero-order valence-electron chi connectivity index (χ0n) is 14.8. The van der Waals surface area contributed by atoms with E-state index in [2.05, 4.69) is 16.2 Å². The topological polar surface area (TPSA) is 130 Å². The maximum Gasteiger partial charge on any atom is 0.288 e. The Kier molecular flexibility index (Phi) is 7.05. The number of nitro groups is 1. The molecular weight excluding hydrogens is 388 g/mol. The van der Waals surface area contributed by atoms with Crippen molar-refractivity contribution in [3.05, 3.63) is 68.7 Å². The van der Waals surface area contributed by atoms with Crippen LogP contribution in [0.5, 0.6) is 0 Å². The van der Waals surface area contributed by atoms with Gasteiger partial charge >= 0.3 is 0 Å². The van der Waals surface area contributed by atoms with Crippen LogP contribution in [0.3, 0.4) is 0 Å². The fourth-order valence-electron chi connectivity index (χ4n) is 2.21. The Morgan fingerprint density at radius 2 is 1.57 bits per heavy atom. The summed E-state index contributed by atoms with van der Waals surface area (Å²) in [5.74, 6) is -1.45. The summed E-state index contributed by atoms with van der Waals surface area (Å²) in [7, 11) is 0. The molecule has 0 aromatic heterocycles. The van der Waals surface area contributed by atoms with Gasteiger partial charge in [0.25, 0.3) is 17.5 Å². The molecule has 0 aliphatic carbocycles. The Morgan fingerprint density at radius 1 is 1.00 bits per heavy atom. The number of benzene rings is 2. The lowest BCUT2D eigenvalue weighted by Gasteiger charge is -2.09. The van der Waals surface area contributed by atoms with E-state index in [9.17, 15) is 24.5 Å². The van der Waals surface area contributed by atoms with Gasteiger partial charge in [-0.3, -0.25) is 35.3 Å². The van der Waals surface area contributed by atoms with Gasteiger partial charge in [0.05, 0.1) is 4.92 Å². The molecule has 0 saturated heterocycles. The highest BCUT2D eigenvalue weighted by atomic mass is 35.5. The van der Waals surface area contributed by atoms with E-state index in [0.717, 1.165) is 12.5 Å². The Balaban J connectivity index is 1.96. The summed E-state index contributed by atoms with van der Waals surface area (Å²) < 4.78 is 0. The van der Waals surface area contributed by atoms with Crippen LogP contribution in [0.4, 0.5) is 11.4 Å². The van der Waals surface area contributed by atoms with E-state index in [1.165, 1.54) is 24.3 Å². The number of nitro benzene ring substituents is 1. The Bertz CT molecular complexity index is 915. The molecule has 10 heteroatoms. The molecule has 0 saturated carbocycles. The lowest BCUT2D eigenvalue weighted by atomic mass is 10.2. The van der Waals surface area contributed by atoms with Gasteiger partial charge in [0.15, 0.2) is 0 Å². The monoisotopic (exact) mass is 404 g/mol. The first kappa shape index (κ1) is 20.8. The molecule has 0 aliphatic heterocycles. The number of hydrogen-bond donors (Lipinski definition) is 3. The highest BCUT2D eigenvalue weighted by molar-refractivity contribution is 6.32. The molecule has 28 heavy (non-hydrogen) atoms. The minimum absolute atomic E-state index is 0.0367. The summed E-state index contributed by atoms with van der Waals surface area (Å²) in [4.78, 5) is 45.9. The van der Waals surface area contributed by atoms with Crippen molar-refractivity contribution in [1.29, 1.82) is 0 Å². The SMILES string of the molecule is CCCC(=O)Nc1ccc(C(=O)NNC(=O)c2ccc(Cl)c([N+](=O)[O-])c2)cc1. The van der Waals surface area contributed by atoms with Gasteiger partial charge in [-0.1, -0.05) is 18.5 Å². The fraction of sp³-hybridized carbons (Fsp3) is 0.167. The summed E-state index contributed by atoms with van der Waals surface area (Å²) in [5, 5.41) is 13.5. The van der Waals surface area contributed by atoms with Crippen LogP contribution >= 0.6 is 11.6 Å². The number of carbonyl (C=O) groups excluding carboxylic acids is 3. The van der Waals surface area contributed by atoms with Crippen molar-refractivity contribution < 1.29 is 19.3 Å². The molecule has 0 spiro atoms. The number of nitrogens with zero attached hydrogens (tertiary/aromatic N) is 1. The Morgan fingerprint density at radius 3 is 2.14 bits per heavy atom. The molecule has 0 radical (unpaired) electrons. The summed E-state index contributed by atoms with van der Waals surface area (Å²) >= 11 is 5.70. The van der Waals surface area contributed by atoms with Gasteiger partial charge in [-0.05, 0) is 42.8 Å². The average molecular weight is 405 g/mol. The van der Waals surface area contributed by atoms with Gasteiger partial charge < -0.3 is 5.32 Å². The van der Waals surface area contributed by atoms with Gasteiger partial charge in [-0.15, -0.1) is 0 Å². The second-order valence-corrected chi connectivity index (χ2v) is 6.11. The number of rotatable bonds is 6. The van der Waals surface area contributed by atoms with Crippen molar-refractivity contribution in [2.24, 2.45) is 0 Å². The van der Waals surface area contributed by atoms with Crippen molar-refractivity contribution >= 4 is 40.7 Å². The van der Waals surface area contributed by atoms with Gasteiger partial charge in [0, 0.05) is 29.3 Å². The molecule has 0 unspecified atom stereocenters. The van der Waals surface area contributed by atoms with E-state index in [4.69, 9.17) is 11.6 Å². The van der Waals surface area contributed by atoms with E-state index >= 15 is 0 Å². The van der Waals surface area contributed by atoms with Crippen molar-refractivity contribution in [1.82, 2.24) is 10.9 Å². The third-order valence-electron chi connectivity index (χ3n) is 3.60. The molecule has 3 amide bonds. The Labute approximate surface area is 165 Å². The number of halogens is 1. The highest BCUT2D eigenvalue weighted by Gasteiger charge is 2.17. The van der Waals surface area contributed by atoms with E-state index in [-0.39, 0.29) is 22.1 Å². The van der Waals surface area contributed by atoms with E-state index in [1.807, 2.05) is 6.92 Å². The molecule has 2 aromatic rings. The van der Waals surface area contributed by atoms with E-state index in [1.54, 1.807) is 12.1 Å². The predicted octanol–water partition coefficient (Wildman–Crippen LogP) is 3.06. The van der Waals surface area contributed by atoms with Crippen LogP contribution in [-0.4, -0.2) is 22.6 Å². The smallest absolute Gasteiger partial charge is 0.288 e. The average Bonchev–Trinajstić information content (AvgIpc) is 2.66. The summed E-state index contributed by atoms with van der Waals surface area (Å²) in [6.45, 7) is 1.89. The number of hydrogen-bond acceptors (Lipinski definition) is 5. The molecule has 0 heterocycles. The normalized spacial score (nSPS) is 10.1. The standard InChI is InChI=1S/C18H17ClN4O5/c1-2-3-16(24)20-13-7-4-11(5-8-13)17(25)21-22-18(26)12-6-9-14(19)15(10-12)23(27)28/h4-10H,2-3H2,1H3,(H,20,24)(H,21,25)(H,22,26). The third kappa shape index (κ3) is 5.52. The number of hydrazine groups is 1. The molecule has 2 rings (SSSR count). The second-order valence-electron chi connectivity index (χ2n) is 5.71. The molecule has 9 nitrogen and oxygen atoms in total. The van der Waals surface area contributed by atoms with Gasteiger partial charge in [0.2, 0.25) is 5.91 Å². The van der Waals surface area contributed by atoms with Crippen molar-refractivity contribution in [3.63, 3.8) is 0 Å². The first-order valence-electron chi connectivity index (χ1n) is 8.26. The first-order chi connectivity index (χ1) is 13.3. The summed E-state index contributed by atoms with van der Waals surface area (Å²) in [6, 6.07) is 9.62. The van der Waals surface area contributed by atoms with Crippen LogP contribution in [0.25, 0.3) is 0 Å². The van der Waals surface area contributed by atoms with Crippen LogP contribution in [0.15, 0.2) is 42.5 Å². The molecule has 2 aromatic carbocycles. The molecule has 3 N–H and O–H groups in total. The van der Waals surface area contributed by atoms with Crippen molar-refractivity contribution in [2.75, 3.05) is 5.32 Å². The minimum atomic E-state index is -0.739. The quantitative estimate of drug-likeness (QED) is 0.503. The molecule has 0 atom stereocenters. The largest absolute Gasteiger partial charge is 0.326 e. The van der Waals surface area contributed by atoms with Crippen LogP contribution < -0.4 is 16.2 Å². The first-order valence-corrected chi connectivity index (χ1v) is 8.64. The van der Waals surface area contributed by atoms with Crippen molar-refractivity contribution in [2.45, 2.75) is 19.8 Å². The molecular formula is C18H17ClN4O5. The second kappa shape index (κ2) is 9.47. The van der Waals surface area contributed by atoms with Crippen LogP contribution in [-0.2, 0) is 4.79 Å². The zero-order valence-corrected chi connectivity index (χ0v) is 15.6. The summed E-state index contributed by atoms with van der Waals surface area (Å²) in [5.41, 5.74) is 4.73. The van der Waals surface area contributed by atoms with Crippen LogP contribution in [0.1, 0.15) is 40.5 Å². The highest BCUT2D eigenvalue weighted by Crippen LogP contribution is 2.24. The number of nitrogens with one attached hydrogen (secondary N) is 3. The fourth-order valence-corrected chi connectivity index (χ4v) is 2.39. The molecule has 146 valence electrons. The minimum Gasteiger partial charge on any atom is -0.326 e. The van der Waals surface area contributed by atoms with Gasteiger partial charge in [-0.2, -0.15) is 0 Å². The summed E-state index contributed by atoms with van der Waals surface area (Å²) in [6.07, 6.45) is 1.12. The predicted molar refractivity (Wildman–Crippen MR) is 103 cm³/mol. The lowest BCUT2D eigenvalue weighted by molar-refractivity contribution is -0.384. The van der Waals surface area contributed by atoms with Gasteiger partial charge in [0.1, 0.15) is 5.02 Å². The maximum absolute atomic E-state index is 12.1.